The Bertz CT molecular complexity index is 433. The normalized spacial score (nSPS) is 26.7. The molecule has 1 aromatic rings. The number of aliphatic carboxylic acids is 1. The molecule has 3 unspecified atom stereocenters. The first-order chi connectivity index (χ1) is 9.17. The van der Waals surface area contributed by atoms with Gasteiger partial charge in [-0.2, -0.15) is 0 Å². The number of methoxy groups -OCH3 is 1. The summed E-state index contributed by atoms with van der Waals surface area (Å²) in [7, 11) is 1.65. The number of hydrogen-bond acceptors (Lipinski definition) is 4. The average Bonchev–Trinajstić information content (AvgIpc) is 3.01. The Morgan fingerprint density at radius 3 is 3.00 bits per heavy atom. The highest BCUT2D eigenvalue weighted by Gasteiger charge is 2.41. The molecule has 0 amide bonds. The Hall–Kier alpha value is -1.43. The van der Waals surface area contributed by atoms with Crippen LogP contribution in [-0.2, 0) is 16.1 Å². The number of aromatic nitrogens is 3. The van der Waals surface area contributed by atoms with E-state index < -0.39 is 5.97 Å². The topological polar surface area (TPSA) is 77.2 Å². The number of ether oxygens (including phenoxy) is 1. The van der Waals surface area contributed by atoms with Gasteiger partial charge in [-0.25, -0.2) is 0 Å². The van der Waals surface area contributed by atoms with Crippen LogP contribution in [0.3, 0.4) is 0 Å². The molecule has 0 aromatic carbocycles. The van der Waals surface area contributed by atoms with Gasteiger partial charge in [0.1, 0.15) is 12.2 Å². The first kappa shape index (κ1) is 14.0. The van der Waals surface area contributed by atoms with Crippen LogP contribution < -0.4 is 0 Å². The van der Waals surface area contributed by atoms with Gasteiger partial charge in [0.25, 0.3) is 0 Å². The third-order valence-corrected chi connectivity index (χ3v) is 4.07. The molecule has 0 saturated heterocycles. The predicted molar refractivity (Wildman–Crippen MR) is 68.8 cm³/mol. The Balaban J connectivity index is 2.19. The second-order valence-electron chi connectivity index (χ2n) is 5.17. The Kier molecular flexibility index (Phi) is 4.52. The van der Waals surface area contributed by atoms with Crippen LogP contribution in [0.5, 0.6) is 0 Å². The molecule has 1 saturated carbocycles. The van der Waals surface area contributed by atoms with Crippen LogP contribution >= 0.6 is 0 Å². The standard InChI is InChI=1S/C13H21N3O3/c1-3-9-6-10(11(7-9)13(17)18)12-15-14-8-16(12)4-5-19-2/h8-11H,3-7H2,1-2H3,(H,17,18). The lowest BCUT2D eigenvalue weighted by Crippen LogP contribution is -2.20. The summed E-state index contributed by atoms with van der Waals surface area (Å²) >= 11 is 0. The van der Waals surface area contributed by atoms with Crippen LogP contribution in [0.15, 0.2) is 6.33 Å². The van der Waals surface area contributed by atoms with E-state index >= 15 is 0 Å². The van der Waals surface area contributed by atoms with Gasteiger partial charge in [0.15, 0.2) is 0 Å². The summed E-state index contributed by atoms with van der Waals surface area (Å²) < 4.78 is 6.98. The molecule has 1 N–H and O–H groups in total. The van der Waals surface area contributed by atoms with Gasteiger partial charge >= 0.3 is 5.97 Å². The summed E-state index contributed by atoms with van der Waals surface area (Å²) in [6.07, 6.45) is 4.31. The highest BCUT2D eigenvalue weighted by Crippen LogP contribution is 2.43. The van der Waals surface area contributed by atoms with Gasteiger partial charge < -0.3 is 14.4 Å². The van der Waals surface area contributed by atoms with Crippen molar-refractivity contribution in [2.75, 3.05) is 13.7 Å². The van der Waals surface area contributed by atoms with Crippen LogP contribution in [0.25, 0.3) is 0 Å². The van der Waals surface area contributed by atoms with Crippen LogP contribution in [-0.4, -0.2) is 39.6 Å². The maximum atomic E-state index is 11.4. The first-order valence-corrected chi connectivity index (χ1v) is 6.76. The van der Waals surface area contributed by atoms with Crippen molar-refractivity contribution in [3.05, 3.63) is 12.2 Å². The smallest absolute Gasteiger partial charge is 0.307 e. The zero-order valence-electron chi connectivity index (χ0n) is 11.5. The Morgan fingerprint density at radius 1 is 1.58 bits per heavy atom. The van der Waals surface area contributed by atoms with Crippen molar-refractivity contribution < 1.29 is 14.6 Å². The molecule has 2 rings (SSSR count). The van der Waals surface area contributed by atoms with E-state index in [1.54, 1.807) is 13.4 Å². The molecule has 1 fully saturated rings. The lowest BCUT2D eigenvalue weighted by Gasteiger charge is -2.16. The SMILES string of the molecule is CCC1CC(C(=O)O)C(c2nncn2CCOC)C1. The van der Waals surface area contributed by atoms with Crippen molar-refractivity contribution in [2.45, 2.75) is 38.6 Å². The van der Waals surface area contributed by atoms with E-state index in [1.165, 1.54) is 0 Å². The number of carboxylic acid groups (broad SMARTS) is 1. The molecule has 0 radical (unpaired) electrons. The molecule has 19 heavy (non-hydrogen) atoms. The van der Waals surface area contributed by atoms with Gasteiger partial charge in [0.05, 0.1) is 12.5 Å². The molecule has 0 bridgehead atoms. The molecule has 1 aromatic heterocycles. The molecular weight excluding hydrogens is 246 g/mol. The predicted octanol–water partition coefficient (Wildman–Crippen LogP) is 1.53. The van der Waals surface area contributed by atoms with E-state index in [1.807, 2.05) is 4.57 Å². The van der Waals surface area contributed by atoms with E-state index in [4.69, 9.17) is 4.74 Å². The van der Waals surface area contributed by atoms with Gasteiger partial charge in [-0.3, -0.25) is 4.79 Å². The largest absolute Gasteiger partial charge is 0.481 e. The number of rotatable bonds is 6. The van der Waals surface area contributed by atoms with Gasteiger partial charge in [-0.05, 0) is 18.8 Å². The molecule has 1 heterocycles. The average molecular weight is 267 g/mol. The molecule has 0 spiro atoms. The first-order valence-electron chi connectivity index (χ1n) is 6.76. The Morgan fingerprint density at radius 2 is 2.37 bits per heavy atom. The van der Waals surface area contributed by atoms with Crippen molar-refractivity contribution in [1.82, 2.24) is 14.8 Å². The number of carbonyl (C=O) groups is 1. The van der Waals surface area contributed by atoms with Crippen molar-refractivity contribution in [1.29, 1.82) is 0 Å². The van der Waals surface area contributed by atoms with E-state index in [2.05, 4.69) is 17.1 Å². The summed E-state index contributed by atoms with van der Waals surface area (Å²) in [6.45, 7) is 3.35. The summed E-state index contributed by atoms with van der Waals surface area (Å²) in [6, 6.07) is 0. The Labute approximate surface area is 112 Å². The minimum absolute atomic E-state index is 0.0261. The summed E-state index contributed by atoms with van der Waals surface area (Å²) in [5.74, 6) is 0.179. The number of hydrogen-bond donors (Lipinski definition) is 1. The minimum Gasteiger partial charge on any atom is -0.481 e. The fraction of sp³-hybridized carbons (Fsp3) is 0.769. The molecule has 6 nitrogen and oxygen atoms in total. The zero-order valence-corrected chi connectivity index (χ0v) is 11.5. The molecule has 6 heteroatoms. The second kappa shape index (κ2) is 6.14. The van der Waals surface area contributed by atoms with E-state index in [0.717, 1.165) is 25.1 Å². The molecule has 106 valence electrons. The van der Waals surface area contributed by atoms with Gasteiger partial charge in [-0.1, -0.05) is 13.3 Å². The minimum atomic E-state index is -0.720. The monoisotopic (exact) mass is 267 g/mol. The van der Waals surface area contributed by atoms with Crippen molar-refractivity contribution >= 4 is 5.97 Å². The van der Waals surface area contributed by atoms with E-state index in [9.17, 15) is 9.90 Å². The fourth-order valence-corrected chi connectivity index (χ4v) is 2.95. The quantitative estimate of drug-likeness (QED) is 0.845. The number of carboxylic acids is 1. The van der Waals surface area contributed by atoms with E-state index in [-0.39, 0.29) is 11.8 Å². The van der Waals surface area contributed by atoms with Gasteiger partial charge in [0, 0.05) is 19.6 Å². The molecular formula is C13H21N3O3. The molecule has 1 aliphatic carbocycles. The van der Waals surface area contributed by atoms with Crippen molar-refractivity contribution in [3.63, 3.8) is 0 Å². The molecule has 0 aliphatic heterocycles. The lowest BCUT2D eigenvalue weighted by atomic mass is 9.95. The zero-order chi connectivity index (χ0) is 13.8. The third-order valence-electron chi connectivity index (χ3n) is 4.07. The van der Waals surface area contributed by atoms with Crippen LogP contribution in [0, 0.1) is 11.8 Å². The van der Waals surface area contributed by atoms with Crippen molar-refractivity contribution in [3.8, 4) is 0 Å². The third kappa shape index (κ3) is 2.94. The van der Waals surface area contributed by atoms with Gasteiger partial charge in [0.2, 0.25) is 0 Å². The lowest BCUT2D eigenvalue weighted by molar-refractivity contribution is -0.142. The fourth-order valence-electron chi connectivity index (χ4n) is 2.95. The van der Waals surface area contributed by atoms with Crippen molar-refractivity contribution in [2.24, 2.45) is 11.8 Å². The van der Waals surface area contributed by atoms with E-state index in [0.29, 0.717) is 19.1 Å². The maximum absolute atomic E-state index is 11.4. The van der Waals surface area contributed by atoms with Gasteiger partial charge in [-0.15, -0.1) is 10.2 Å². The summed E-state index contributed by atoms with van der Waals surface area (Å²) in [4.78, 5) is 11.4. The highest BCUT2D eigenvalue weighted by molar-refractivity contribution is 5.71. The van der Waals surface area contributed by atoms with Crippen LogP contribution in [0.4, 0.5) is 0 Å². The summed E-state index contributed by atoms with van der Waals surface area (Å²) in [5.41, 5.74) is 0. The molecule has 1 aliphatic rings. The summed E-state index contributed by atoms with van der Waals surface area (Å²) in [5, 5.41) is 17.5. The van der Waals surface area contributed by atoms with Crippen LogP contribution in [0.2, 0.25) is 0 Å². The maximum Gasteiger partial charge on any atom is 0.307 e. The number of nitrogens with zero attached hydrogens (tertiary/aromatic N) is 3. The molecule has 3 atom stereocenters. The van der Waals surface area contributed by atoms with Crippen LogP contribution in [0.1, 0.15) is 37.9 Å². The second-order valence-corrected chi connectivity index (χ2v) is 5.17. The highest BCUT2D eigenvalue weighted by atomic mass is 16.5.